The molecule has 0 radical (unpaired) electrons. The average molecular weight is 412 g/mol. The second-order valence-electron chi connectivity index (χ2n) is 5.89. The minimum Gasteiger partial charge on any atom is -0.466 e. The molecule has 26 heavy (non-hydrogen) atoms. The van der Waals surface area contributed by atoms with Crippen LogP contribution in [0.25, 0.3) is 6.08 Å². The Morgan fingerprint density at radius 2 is 2.08 bits per heavy atom. The minimum atomic E-state index is -0.224. The summed E-state index contributed by atoms with van der Waals surface area (Å²) in [5.41, 5.74) is 0.783. The smallest absolute Gasteiger partial charge is 0.305 e. The van der Waals surface area contributed by atoms with Crippen LogP contribution in [-0.4, -0.2) is 34.2 Å². The summed E-state index contributed by atoms with van der Waals surface area (Å²) in [5, 5.41) is 0.587. The average Bonchev–Trinajstić information content (AvgIpc) is 2.88. The molecule has 1 aromatic rings. The largest absolute Gasteiger partial charge is 0.466 e. The monoisotopic (exact) mass is 411 g/mol. The Labute approximate surface area is 168 Å². The molecule has 1 fully saturated rings. The first-order valence-electron chi connectivity index (χ1n) is 8.68. The number of halogens is 1. The Bertz CT molecular complexity index is 706. The highest BCUT2D eigenvalue weighted by Crippen LogP contribution is 2.33. The molecule has 1 heterocycles. The highest BCUT2D eigenvalue weighted by atomic mass is 35.5. The quantitative estimate of drug-likeness (QED) is 0.246. The van der Waals surface area contributed by atoms with Gasteiger partial charge in [0.1, 0.15) is 4.32 Å². The molecule has 0 bridgehead atoms. The number of benzene rings is 1. The summed E-state index contributed by atoms with van der Waals surface area (Å²) in [4.78, 5) is 26.3. The lowest BCUT2D eigenvalue weighted by atomic mass is 10.2. The van der Waals surface area contributed by atoms with Crippen molar-refractivity contribution in [1.82, 2.24) is 4.90 Å². The van der Waals surface area contributed by atoms with Gasteiger partial charge in [-0.2, -0.15) is 0 Å². The molecule has 1 aliphatic rings. The molecule has 1 amide bonds. The van der Waals surface area contributed by atoms with Crippen molar-refractivity contribution in [3.63, 3.8) is 0 Å². The van der Waals surface area contributed by atoms with E-state index in [4.69, 9.17) is 28.6 Å². The Balaban J connectivity index is 1.84. The molecule has 7 heteroatoms. The second-order valence-corrected chi connectivity index (χ2v) is 7.97. The van der Waals surface area contributed by atoms with Gasteiger partial charge in [-0.15, -0.1) is 0 Å². The molecule has 0 aliphatic carbocycles. The number of thiocarbonyl (C=S) groups is 1. The number of hydrogen-bond acceptors (Lipinski definition) is 5. The van der Waals surface area contributed by atoms with Gasteiger partial charge in [0, 0.05) is 18.0 Å². The zero-order valence-corrected chi connectivity index (χ0v) is 17.1. The number of carbonyl (C=O) groups is 2. The molecule has 0 N–H and O–H groups in total. The number of rotatable bonds is 9. The molecule has 0 spiro atoms. The lowest BCUT2D eigenvalue weighted by Gasteiger charge is -2.13. The van der Waals surface area contributed by atoms with E-state index in [1.54, 1.807) is 12.1 Å². The standard InChI is InChI=1S/C19H22ClNO3S2/c1-2-3-6-12-24-17(22)10-7-11-21-18(23)16(26-19(21)25)13-14-8-4-5-9-15(14)20/h4-5,8-9,13H,2-3,6-7,10-12H2,1H3/b16-13-. The van der Waals surface area contributed by atoms with Gasteiger partial charge in [-0.25, -0.2) is 0 Å². The predicted molar refractivity (Wildman–Crippen MR) is 111 cm³/mol. The Hall–Kier alpha value is -1.37. The molecule has 0 unspecified atom stereocenters. The van der Waals surface area contributed by atoms with E-state index in [0.29, 0.717) is 33.8 Å². The molecule has 1 aromatic carbocycles. The number of hydrogen-bond donors (Lipinski definition) is 0. The van der Waals surface area contributed by atoms with E-state index in [1.165, 1.54) is 16.7 Å². The summed E-state index contributed by atoms with van der Waals surface area (Å²) in [7, 11) is 0. The van der Waals surface area contributed by atoms with Crippen LogP contribution in [0, 0.1) is 0 Å². The predicted octanol–water partition coefficient (Wildman–Crippen LogP) is 5.05. The van der Waals surface area contributed by atoms with Crippen molar-refractivity contribution in [2.24, 2.45) is 0 Å². The van der Waals surface area contributed by atoms with Crippen LogP contribution >= 0.6 is 35.6 Å². The fourth-order valence-electron chi connectivity index (χ4n) is 2.42. The highest BCUT2D eigenvalue weighted by molar-refractivity contribution is 8.26. The molecular weight excluding hydrogens is 390 g/mol. The van der Waals surface area contributed by atoms with Gasteiger partial charge < -0.3 is 4.74 Å². The summed E-state index contributed by atoms with van der Waals surface area (Å²) in [6, 6.07) is 7.33. The SMILES string of the molecule is CCCCCOC(=O)CCCN1C(=O)/C(=C/c2ccccc2Cl)SC1=S. The number of amides is 1. The molecule has 1 aliphatic heterocycles. The van der Waals surface area contributed by atoms with Crippen molar-refractivity contribution in [1.29, 1.82) is 0 Å². The molecule has 0 aromatic heterocycles. The van der Waals surface area contributed by atoms with Crippen molar-refractivity contribution in [2.75, 3.05) is 13.2 Å². The van der Waals surface area contributed by atoms with Gasteiger partial charge in [-0.05, 0) is 30.5 Å². The van der Waals surface area contributed by atoms with Crippen LogP contribution in [0.15, 0.2) is 29.2 Å². The van der Waals surface area contributed by atoms with Crippen LogP contribution in [0.2, 0.25) is 5.02 Å². The normalized spacial score (nSPS) is 15.8. The summed E-state index contributed by atoms with van der Waals surface area (Å²) < 4.78 is 5.67. The van der Waals surface area contributed by atoms with E-state index in [2.05, 4.69) is 6.92 Å². The van der Waals surface area contributed by atoms with E-state index in [9.17, 15) is 9.59 Å². The highest BCUT2D eigenvalue weighted by Gasteiger charge is 2.31. The fraction of sp³-hybridized carbons (Fsp3) is 0.421. The lowest BCUT2D eigenvalue weighted by molar-refractivity contribution is -0.144. The van der Waals surface area contributed by atoms with Crippen molar-refractivity contribution in [3.8, 4) is 0 Å². The Kier molecular flexibility index (Phi) is 8.62. The maximum Gasteiger partial charge on any atom is 0.305 e. The number of esters is 1. The molecule has 1 saturated heterocycles. The first-order valence-corrected chi connectivity index (χ1v) is 10.3. The van der Waals surface area contributed by atoms with Gasteiger partial charge in [0.25, 0.3) is 5.91 Å². The maximum absolute atomic E-state index is 12.5. The molecule has 0 saturated carbocycles. The third-order valence-electron chi connectivity index (χ3n) is 3.84. The van der Waals surface area contributed by atoms with E-state index >= 15 is 0 Å². The summed E-state index contributed by atoms with van der Waals surface area (Å²) in [6.45, 7) is 2.98. The Morgan fingerprint density at radius 3 is 2.81 bits per heavy atom. The third kappa shape index (κ3) is 6.11. The second kappa shape index (κ2) is 10.7. The lowest BCUT2D eigenvalue weighted by Crippen LogP contribution is -2.29. The van der Waals surface area contributed by atoms with Gasteiger partial charge in [-0.1, -0.05) is 73.5 Å². The minimum absolute atomic E-state index is 0.142. The zero-order chi connectivity index (χ0) is 18.9. The Morgan fingerprint density at radius 1 is 1.31 bits per heavy atom. The van der Waals surface area contributed by atoms with E-state index in [-0.39, 0.29) is 18.3 Å². The van der Waals surface area contributed by atoms with Gasteiger partial charge in [0.05, 0.1) is 11.5 Å². The van der Waals surface area contributed by atoms with Gasteiger partial charge in [0.15, 0.2) is 0 Å². The summed E-state index contributed by atoms with van der Waals surface area (Å²) in [5.74, 6) is -0.366. The van der Waals surface area contributed by atoms with Crippen LogP contribution in [0.5, 0.6) is 0 Å². The summed E-state index contributed by atoms with van der Waals surface area (Å²) >= 11 is 12.7. The molecule has 0 atom stereocenters. The molecule has 2 rings (SSSR count). The van der Waals surface area contributed by atoms with Crippen LogP contribution in [0.3, 0.4) is 0 Å². The van der Waals surface area contributed by atoms with E-state index in [0.717, 1.165) is 24.8 Å². The number of carbonyl (C=O) groups excluding carboxylic acids is 2. The van der Waals surface area contributed by atoms with Gasteiger partial charge in [0.2, 0.25) is 0 Å². The van der Waals surface area contributed by atoms with Crippen molar-refractivity contribution >= 4 is 57.9 Å². The number of ether oxygens (including phenoxy) is 1. The van der Waals surface area contributed by atoms with Crippen molar-refractivity contribution in [2.45, 2.75) is 39.0 Å². The van der Waals surface area contributed by atoms with Gasteiger partial charge >= 0.3 is 5.97 Å². The fourth-order valence-corrected chi connectivity index (χ4v) is 3.91. The van der Waals surface area contributed by atoms with Crippen LogP contribution < -0.4 is 0 Å². The number of nitrogens with zero attached hydrogens (tertiary/aromatic N) is 1. The van der Waals surface area contributed by atoms with Crippen molar-refractivity contribution in [3.05, 3.63) is 39.8 Å². The van der Waals surface area contributed by atoms with Crippen LogP contribution in [-0.2, 0) is 14.3 Å². The molecular formula is C19H22ClNO3S2. The van der Waals surface area contributed by atoms with E-state index in [1.807, 2.05) is 18.2 Å². The zero-order valence-electron chi connectivity index (χ0n) is 14.7. The van der Waals surface area contributed by atoms with Gasteiger partial charge in [-0.3, -0.25) is 14.5 Å². The first kappa shape index (κ1) is 20.9. The van der Waals surface area contributed by atoms with Crippen LogP contribution in [0.1, 0.15) is 44.6 Å². The molecule has 140 valence electrons. The van der Waals surface area contributed by atoms with Crippen molar-refractivity contribution < 1.29 is 14.3 Å². The maximum atomic E-state index is 12.5. The topological polar surface area (TPSA) is 46.6 Å². The third-order valence-corrected chi connectivity index (χ3v) is 5.56. The first-order chi connectivity index (χ1) is 12.5. The number of unbranched alkanes of at least 4 members (excludes halogenated alkanes) is 2. The van der Waals surface area contributed by atoms with Crippen LogP contribution in [0.4, 0.5) is 0 Å². The summed E-state index contributed by atoms with van der Waals surface area (Å²) in [6.07, 6.45) is 5.61. The molecule has 4 nitrogen and oxygen atoms in total. The number of thioether (sulfide) groups is 1. The van der Waals surface area contributed by atoms with E-state index < -0.39 is 0 Å².